The van der Waals surface area contributed by atoms with E-state index in [9.17, 15) is 9.59 Å². The Hall–Kier alpha value is -1.84. The molecule has 0 aliphatic carbocycles. The predicted octanol–water partition coefficient (Wildman–Crippen LogP) is 2.65. The maximum atomic E-state index is 11.9. The monoisotopic (exact) mass is 290 g/mol. The Morgan fingerprint density at radius 3 is 2.38 bits per heavy atom. The zero-order valence-electron chi connectivity index (χ0n) is 13.3. The molecule has 1 rings (SSSR count). The molecule has 0 saturated carbocycles. The lowest BCUT2D eigenvalue weighted by Crippen LogP contribution is -2.39. The summed E-state index contributed by atoms with van der Waals surface area (Å²) in [5.74, 6) is -0.173. The number of carbonyl (C=O) groups excluding carboxylic acids is 2. The van der Waals surface area contributed by atoms with Crippen molar-refractivity contribution in [2.75, 3.05) is 13.1 Å². The molecule has 0 bridgehead atoms. The summed E-state index contributed by atoms with van der Waals surface area (Å²) in [5, 5.41) is 2.86. The summed E-state index contributed by atoms with van der Waals surface area (Å²) in [5.41, 5.74) is 2.22. The highest BCUT2D eigenvalue weighted by Gasteiger charge is 2.13. The van der Waals surface area contributed by atoms with E-state index in [-0.39, 0.29) is 18.4 Å². The summed E-state index contributed by atoms with van der Waals surface area (Å²) in [6.45, 7) is 6.92. The van der Waals surface area contributed by atoms with Gasteiger partial charge in [-0.25, -0.2) is 0 Å². The normalized spacial score (nSPS) is 10.2. The van der Waals surface area contributed by atoms with Crippen molar-refractivity contribution in [3.05, 3.63) is 35.4 Å². The zero-order valence-corrected chi connectivity index (χ0v) is 13.3. The van der Waals surface area contributed by atoms with E-state index in [2.05, 4.69) is 12.2 Å². The molecule has 0 aliphatic rings. The average molecular weight is 290 g/mol. The Balaban J connectivity index is 2.48. The van der Waals surface area contributed by atoms with Crippen LogP contribution in [0.1, 0.15) is 44.2 Å². The molecule has 0 radical (unpaired) electrons. The first-order valence-electron chi connectivity index (χ1n) is 7.60. The molecule has 1 aromatic carbocycles. The molecule has 1 aromatic rings. The number of nitrogens with zero attached hydrogens (tertiary/aromatic N) is 1. The minimum Gasteiger partial charge on any atom is -0.355 e. The van der Waals surface area contributed by atoms with Gasteiger partial charge in [-0.05, 0) is 18.9 Å². The van der Waals surface area contributed by atoms with Gasteiger partial charge in [0.1, 0.15) is 0 Å². The molecule has 2 amide bonds. The molecule has 21 heavy (non-hydrogen) atoms. The van der Waals surface area contributed by atoms with Crippen molar-refractivity contribution in [2.45, 2.75) is 46.6 Å². The Labute approximate surface area is 127 Å². The standard InChI is InChI=1S/C17H26N2O2/c1-4-5-6-11-18-17(21)13-19(15(3)20)12-16-9-7-14(2)8-10-16/h7-10H,4-6,11-13H2,1-3H3,(H,18,21). The Kier molecular flexibility index (Phi) is 7.51. The second-order valence-corrected chi connectivity index (χ2v) is 5.42. The van der Waals surface area contributed by atoms with Crippen LogP contribution in [0.4, 0.5) is 0 Å². The lowest BCUT2D eigenvalue weighted by Gasteiger charge is -2.20. The van der Waals surface area contributed by atoms with Crippen LogP contribution >= 0.6 is 0 Å². The van der Waals surface area contributed by atoms with Crippen LogP contribution in [0.5, 0.6) is 0 Å². The van der Waals surface area contributed by atoms with Gasteiger partial charge >= 0.3 is 0 Å². The third-order valence-corrected chi connectivity index (χ3v) is 3.38. The number of benzene rings is 1. The van der Waals surface area contributed by atoms with Gasteiger partial charge in [-0.3, -0.25) is 9.59 Å². The molecule has 0 unspecified atom stereocenters. The number of carbonyl (C=O) groups is 2. The number of rotatable bonds is 8. The van der Waals surface area contributed by atoms with Crippen LogP contribution in [-0.2, 0) is 16.1 Å². The Morgan fingerprint density at radius 2 is 1.81 bits per heavy atom. The zero-order chi connectivity index (χ0) is 15.7. The summed E-state index contributed by atoms with van der Waals surface area (Å²) < 4.78 is 0. The van der Waals surface area contributed by atoms with Gasteiger partial charge in [-0.1, -0.05) is 49.6 Å². The molecule has 0 aliphatic heterocycles. The lowest BCUT2D eigenvalue weighted by molar-refractivity contribution is -0.134. The largest absolute Gasteiger partial charge is 0.355 e. The topological polar surface area (TPSA) is 49.4 Å². The van der Waals surface area contributed by atoms with Crippen LogP contribution < -0.4 is 5.32 Å². The molecule has 0 aromatic heterocycles. The molecule has 1 N–H and O–H groups in total. The van der Waals surface area contributed by atoms with Crippen LogP contribution in [0.15, 0.2) is 24.3 Å². The number of hydrogen-bond acceptors (Lipinski definition) is 2. The highest BCUT2D eigenvalue weighted by molar-refractivity contribution is 5.83. The molecule has 4 nitrogen and oxygen atoms in total. The van der Waals surface area contributed by atoms with Crippen LogP contribution in [0.2, 0.25) is 0 Å². The van der Waals surface area contributed by atoms with Crippen molar-refractivity contribution in [1.29, 1.82) is 0 Å². The first-order chi connectivity index (χ1) is 10.0. The van der Waals surface area contributed by atoms with Crippen molar-refractivity contribution in [1.82, 2.24) is 10.2 Å². The van der Waals surface area contributed by atoms with E-state index in [4.69, 9.17) is 0 Å². The number of unbranched alkanes of at least 4 members (excludes halogenated alkanes) is 2. The molecule has 0 atom stereocenters. The van der Waals surface area contributed by atoms with E-state index in [0.29, 0.717) is 13.1 Å². The fourth-order valence-electron chi connectivity index (χ4n) is 2.02. The third-order valence-electron chi connectivity index (χ3n) is 3.38. The first kappa shape index (κ1) is 17.2. The Bertz CT molecular complexity index is 454. The van der Waals surface area contributed by atoms with Gasteiger partial charge in [-0.2, -0.15) is 0 Å². The second kappa shape index (κ2) is 9.16. The highest BCUT2D eigenvalue weighted by atomic mass is 16.2. The summed E-state index contributed by atoms with van der Waals surface area (Å²) in [7, 11) is 0. The van der Waals surface area contributed by atoms with Crippen LogP contribution in [-0.4, -0.2) is 29.8 Å². The lowest BCUT2D eigenvalue weighted by atomic mass is 10.1. The minimum atomic E-state index is -0.0894. The molecule has 0 fully saturated rings. The fraction of sp³-hybridized carbons (Fsp3) is 0.529. The van der Waals surface area contributed by atoms with Crippen LogP contribution in [0.3, 0.4) is 0 Å². The highest BCUT2D eigenvalue weighted by Crippen LogP contribution is 2.07. The van der Waals surface area contributed by atoms with Gasteiger partial charge in [-0.15, -0.1) is 0 Å². The first-order valence-corrected chi connectivity index (χ1v) is 7.60. The number of hydrogen-bond donors (Lipinski definition) is 1. The number of amides is 2. The van der Waals surface area contributed by atoms with Gasteiger partial charge in [0.05, 0.1) is 6.54 Å². The minimum absolute atomic E-state index is 0.0840. The van der Waals surface area contributed by atoms with Crippen molar-refractivity contribution in [3.63, 3.8) is 0 Å². The average Bonchev–Trinajstić information content (AvgIpc) is 2.45. The molecular weight excluding hydrogens is 264 g/mol. The molecular formula is C17H26N2O2. The van der Waals surface area contributed by atoms with Crippen LogP contribution in [0, 0.1) is 6.92 Å². The van der Waals surface area contributed by atoms with E-state index < -0.39 is 0 Å². The van der Waals surface area contributed by atoms with Gasteiger partial charge in [0.2, 0.25) is 11.8 Å². The second-order valence-electron chi connectivity index (χ2n) is 5.42. The Morgan fingerprint density at radius 1 is 1.14 bits per heavy atom. The van der Waals surface area contributed by atoms with E-state index in [0.717, 1.165) is 24.8 Å². The van der Waals surface area contributed by atoms with E-state index in [1.54, 1.807) is 4.90 Å². The maximum Gasteiger partial charge on any atom is 0.239 e. The van der Waals surface area contributed by atoms with Gasteiger partial charge < -0.3 is 10.2 Å². The summed E-state index contributed by atoms with van der Waals surface area (Å²) in [6, 6.07) is 8.01. The van der Waals surface area contributed by atoms with Gasteiger partial charge in [0.25, 0.3) is 0 Å². The number of nitrogens with one attached hydrogen (secondary N) is 1. The third kappa shape index (κ3) is 6.93. The summed E-state index contributed by atoms with van der Waals surface area (Å²) in [4.78, 5) is 25.1. The van der Waals surface area contributed by atoms with E-state index in [1.807, 2.05) is 31.2 Å². The predicted molar refractivity (Wildman–Crippen MR) is 84.8 cm³/mol. The molecule has 116 valence electrons. The van der Waals surface area contributed by atoms with E-state index in [1.165, 1.54) is 12.5 Å². The number of aryl methyl sites for hydroxylation is 1. The molecule has 0 saturated heterocycles. The van der Waals surface area contributed by atoms with Gasteiger partial charge in [0, 0.05) is 20.0 Å². The smallest absolute Gasteiger partial charge is 0.239 e. The summed E-state index contributed by atoms with van der Waals surface area (Å²) in [6.07, 6.45) is 3.23. The fourth-order valence-corrected chi connectivity index (χ4v) is 2.02. The van der Waals surface area contributed by atoms with Crippen LogP contribution in [0.25, 0.3) is 0 Å². The van der Waals surface area contributed by atoms with Crippen molar-refractivity contribution in [3.8, 4) is 0 Å². The van der Waals surface area contributed by atoms with Crippen molar-refractivity contribution >= 4 is 11.8 Å². The maximum absolute atomic E-state index is 11.9. The molecule has 0 heterocycles. The van der Waals surface area contributed by atoms with Crippen molar-refractivity contribution in [2.24, 2.45) is 0 Å². The SMILES string of the molecule is CCCCCNC(=O)CN(Cc1ccc(C)cc1)C(C)=O. The molecule has 4 heteroatoms. The van der Waals surface area contributed by atoms with E-state index >= 15 is 0 Å². The van der Waals surface area contributed by atoms with Gasteiger partial charge in [0.15, 0.2) is 0 Å². The summed E-state index contributed by atoms with van der Waals surface area (Å²) >= 11 is 0. The van der Waals surface area contributed by atoms with Crippen molar-refractivity contribution < 1.29 is 9.59 Å². The molecule has 0 spiro atoms. The quantitative estimate of drug-likeness (QED) is 0.748.